The molecule has 1 aromatic carbocycles. The minimum atomic E-state index is 0.318. The van der Waals surface area contributed by atoms with Crippen LogP contribution in [0.5, 0.6) is 11.5 Å². The molecule has 2 aromatic rings. The summed E-state index contributed by atoms with van der Waals surface area (Å²) in [6.07, 6.45) is 0. The van der Waals surface area contributed by atoms with Gasteiger partial charge in [0.2, 0.25) is 0 Å². The molecule has 0 atom stereocenters. The summed E-state index contributed by atoms with van der Waals surface area (Å²) in [6, 6.07) is 3.92. The summed E-state index contributed by atoms with van der Waals surface area (Å²) in [6.45, 7) is 2.19. The quantitative estimate of drug-likeness (QED) is 0.639. The van der Waals surface area contributed by atoms with Gasteiger partial charge in [0.05, 0.1) is 28.0 Å². The second kappa shape index (κ2) is 7.03. The summed E-state index contributed by atoms with van der Waals surface area (Å²) in [5.74, 6) is 1.32. The molecule has 0 spiro atoms. The van der Waals surface area contributed by atoms with Gasteiger partial charge in [-0.15, -0.1) is 0 Å². The van der Waals surface area contributed by atoms with Gasteiger partial charge in [-0.3, -0.25) is 4.68 Å². The number of methoxy groups -OCH3 is 1. The summed E-state index contributed by atoms with van der Waals surface area (Å²) < 4.78 is 13.8. The minimum Gasteiger partial charge on any atom is -0.493 e. The lowest BCUT2D eigenvalue weighted by Crippen LogP contribution is -2.05. The second-order valence-electron chi connectivity index (χ2n) is 4.50. The lowest BCUT2D eigenvalue weighted by molar-refractivity contribution is 0.274. The van der Waals surface area contributed by atoms with Crippen LogP contribution < -0.4 is 9.47 Å². The molecule has 0 saturated carbocycles. The Morgan fingerprint density at radius 1 is 1.38 bits per heavy atom. The van der Waals surface area contributed by atoms with Crippen LogP contribution in [-0.4, -0.2) is 16.9 Å². The maximum atomic E-state index is 6.23. The number of hydrogen-bond donors (Lipinski definition) is 0. The zero-order valence-corrected chi connectivity index (χ0v) is 15.8. The molecular weight excluding hydrogens is 423 g/mol. The minimum absolute atomic E-state index is 0.318. The molecule has 0 fully saturated rings. The molecular formula is C14H15Br2ClN2O2. The predicted molar refractivity (Wildman–Crippen MR) is 90.6 cm³/mol. The zero-order valence-electron chi connectivity index (χ0n) is 11.9. The van der Waals surface area contributed by atoms with Crippen molar-refractivity contribution in [1.29, 1.82) is 0 Å². The van der Waals surface area contributed by atoms with Crippen LogP contribution in [0.1, 0.15) is 17.0 Å². The number of aromatic nitrogens is 2. The Bertz CT molecular complexity index is 659. The first-order valence-corrected chi connectivity index (χ1v) is 8.50. The van der Waals surface area contributed by atoms with E-state index in [9.17, 15) is 0 Å². The van der Waals surface area contributed by atoms with Crippen LogP contribution in [0.15, 0.2) is 16.6 Å². The summed E-state index contributed by atoms with van der Waals surface area (Å²) in [5, 5.41) is 5.65. The largest absolute Gasteiger partial charge is 0.493 e. The summed E-state index contributed by atoms with van der Waals surface area (Å²) in [7, 11) is 3.46. The number of nitrogens with zero attached hydrogens (tertiary/aromatic N) is 2. The highest BCUT2D eigenvalue weighted by atomic mass is 79.9. The van der Waals surface area contributed by atoms with Crippen molar-refractivity contribution in [2.24, 2.45) is 7.05 Å². The van der Waals surface area contributed by atoms with Crippen molar-refractivity contribution in [2.75, 3.05) is 7.11 Å². The predicted octanol–water partition coefficient (Wildman–Crippen LogP) is 4.63. The Morgan fingerprint density at radius 3 is 2.62 bits per heavy atom. The number of ether oxygens (including phenoxy) is 2. The number of hydrogen-bond acceptors (Lipinski definition) is 3. The smallest absolute Gasteiger partial charge is 0.175 e. The van der Waals surface area contributed by atoms with Crippen molar-refractivity contribution in [3.63, 3.8) is 0 Å². The molecule has 1 aromatic heterocycles. The van der Waals surface area contributed by atoms with Gasteiger partial charge in [0.25, 0.3) is 0 Å². The molecule has 0 saturated heterocycles. The van der Waals surface area contributed by atoms with E-state index in [1.165, 1.54) is 0 Å². The van der Waals surface area contributed by atoms with E-state index in [0.717, 1.165) is 26.8 Å². The van der Waals surface area contributed by atoms with Gasteiger partial charge in [-0.05, 0) is 40.5 Å². The van der Waals surface area contributed by atoms with Gasteiger partial charge >= 0.3 is 0 Å². The van der Waals surface area contributed by atoms with Gasteiger partial charge in [-0.25, -0.2) is 0 Å². The molecule has 0 amide bonds. The molecule has 0 bridgehead atoms. The molecule has 0 radical (unpaired) electrons. The molecule has 2 rings (SSSR count). The maximum Gasteiger partial charge on any atom is 0.175 e. The van der Waals surface area contributed by atoms with Crippen LogP contribution in [0, 0.1) is 6.92 Å². The highest BCUT2D eigenvalue weighted by Crippen LogP contribution is 2.38. The van der Waals surface area contributed by atoms with Crippen molar-refractivity contribution >= 4 is 43.5 Å². The van der Waals surface area contributed by atoms with E-state index in [1.807, 2.05) is 26.1 Å². The standard InChI is InChI=1S/C14H15Br2ClN2O2/c1-8-13(17)11(19(2)18-8)7-21-14-10(16)4-9(6-15)5-12(14)20-3/h4-5H,6-7H2,1-3H3. The van der Waals surface area contributed by atoms with Crippen LogP contribution in [-0.2, 0) is 19.0 Å². The Kier molecular flexibility index (Phi) is 5.57. The molecule has 4 nitrogen and oxygen atoms in total. The van der Waals surface area contributed by atoms with Gasteiger partial charge in [-0.1, -0.05) is 27.5 Å². The van der Waals surface area contributed by atoms with Gasteiger partial charge in [0.15, 0.2) is 11.5 Å². The van der Waals surface area contributed by atoms with Crippen LogP contribution in [0.2, 0.25) is 5.02 Å². The van der Waals surface area contributed by atoms with Crippen molar-refractivity contribution in [2.45, 2.75) is 18.9 Å². The SMILES string of the molecule is COc1cc(CBr)cc(Br)c1OCc1c(Cl)c(C)nn1C. The number of alkyl halides is 1. The van der Waals surface area contributed by atoms with Crippen LogP contribution in [0.4, 0.5) is 0 Å². The van der Waals surface area contributed by atoms with E-state index in [4.69, 9.17) is 21.1 Å². The Labute approximate surface area is 145 Å². The van der Waals surface area contributed by atoms with Crippen LogP contribution >= 0.6 is 43.5 Å². The molecule has 1 heterocycles. The highest BCUT2D eigenvalue weighted by molar-refractivity contribution is 9.10. The third kappa shape index (κ3) is 3.55. The monoisotopic (exact) mass is 436 g/mol. The molecule has 0 aliphatic rings. The van der Waals surface area contributed by atoms with Crippen molar-refractivity contribution in [3.8, 4) is 11.5 Å². The molecule has 21 heavy (non-hydrogen) atoms. The Hall–Kier alpha value is -0.720. The molecule has 0 unspecified atom stereocenters. The van der Waals surface area contributed by atoms with Crippen molar-refractivity contribution in [3.05, 3.63) is 38.6 Å². The second-order valence-corrected chi connectivity index (χ2v) is 6.29. The molecule has 114 valence electrons. The number of rotatable bonds is 5. The molecule has 0 N–H and O–H groups in total. The van der Waals surface area contributed by atoms with Gasteiger partial charge in [0.1, 0.15) is 6.61 Å². The summed E-state index contributed by atoms with van der Waals surface area (Å²) >= 11 is 13.2. The third-order valence-corrected chi connectivity index (χ3v) is 4.79. The summed E-state index contributed by atoms with van der Waals surface area (Å²) in [5.41, 5.74) is 2.71. The van der Waals surface area contributed by atoms with Crippen LogP contribution in [0.3, 0.4) is 0 Å². The number of benzene rings is 1. The topological polar surface area (TPSA) is 36.3 Å². The Balaban J connectivity index is 2.27. The van der Waals surface area contributed by atoms with Crippen molar-refractivity contribution < 1.29 is 9.47 Å². The average Bonchev–Trinajstić information content (AvgIpc) is 2.70. The first kappa shape index (κ1) is 16.6. The molecule has 0 aliphatic heterocycles. The lowest BCUT2D eigenvalue weighted by atomic mass is 10.2. The van der Waals surface area contributed by atoms with E-state index >= 15 is 0 Å². The van der Waals surface area contributed by atoms with Crippen molar-refractivity contribution in [1.82, 2.24) is 9.78 Å². The highest BCUT2D eigenvalue weighted by Gasteiger charge is 2.15. The molecule has 7 heteroatoms. The summed E-state index contributed by atoms with van der Waals surface area (Å²) in [4.78, 5) is 0. The van der Waals surface area contributed by atoms with E-state index in [1.54, 1.807) is 11.8 Å². The average molecular weight is 439 g/mol. The van der Waals surface area contributed by atoms with Gasteiger partial charge in [0, 0.05) is 12.4 Å². The maximum absolute atomic E-state index is 6.23. The number of aryl methyl sites for hydroxylation is 2. The molecule has 0 aliphatic carbocycles. The normalized spacial score (nSPS) is 10.8. The third-order valence-electron chi connectivity index (χ3n) is 3.06. The van der Waals surface area contributed by atoms with Gasteiger partial charge in [-0.2, -0.15) is 5.10 Å². The lowest BCUT2D eigenvalue weighted by Gasteiger charge is -2.14. The van der Waals surface area contributed by atoms with E-state index < -0.39 is 0 Å². The van der Waals surface area contributed by atoms with E-state index in [0.29, 0.717) is 23.1 Å². The van der Waals surface area contributed by atoms with Crippen LogP contribution in [0.25, 0.3) is 0 Å². The Morgan fingerprint density at radius 2 is 2.10 bits per heavy atom. The fourth-order valence-electron chi connectivity index (χ4n) is 1.97. The first-order chi connectivity index (χ1) is 9.97. The fourth-order valence-corrected chi connectivity index (χ4v) is 3.11. The fraction of sp³-hybridized carbons (Fsp3) is 0.357. The van der Waals surface area contributed by atoms with E-state index in [2.05, 4.69) is 37.0 Å². The zero-order chi connectivity index (χ0) is 15.6. The first-order valence-electron chi connectivity index (χ1n) is 6.21. The number of halogens is 3. The van der Waals surface area contributed by atoms with Gasteiger partial charge < -0.3 is 9.47 Å². The van der Waals surface area contributed by atoms with E-state index in [-0.39, 0.29) is 0 Å².